The first-order chi connectivity index (χ1) is 15.2. The Morgan fingerprint density at radius 1 is 0.839 bits per heavy atom. The molecule has 0 aliphatic carbocycles. The van der Waals surface area contributed by atoms with Crippen LogP contribution in [-0.2, 0) is 0 Å². The maximum atomic E-state index is 10.3. The number of hydrogen-bond donors (Lipinski definition) is 1. The Morgan fingerprint density at radius 2 is 1.42 bits per heavy atom. The van der Waals surface area contributed by atoms with Crippen molar-refractivity contribution in [2.45, 2.75) is 0 Å². The Balaban J connectivity index is 1.73. The summed E-state index contributed by atoms with van der Waals surface area (Å²) in [6.45, 7) is 0. The molecule has 1 aromatic heterocycles. The predicted octanol–water partition coefficient (Wildman–Crippen LogP) is 5.00. The van der Waals surface area contributed by atoms with E-state index in [0.717, 1.165) is 22.5 Å². The summed E-state index contributed by atoms with van der Waals surface area (Å²) in [4.78, 5) is 9.42. The molecule has 0 saturated carbocycles. The minimum atomic E-state index is 0.0334. The fourth-order valence-electron chi connectivity index (χ4n) is 3.10. The van der Waals surface area contributed by atoms with Crippen LogP contribution >= 0.6 is 0 Å². The Kier molecular flexibility index (Phi) is 5.89. The van der Waals surface area contributed by atoms with Gasteiger partial charge in [0.1, 0.15) is 0 Å². The number of hydrogen-bond acceptors (Lipinski definition) is 6. The van der Waals surface area contributed by atoms with Crippen molar-refractivity contribution in [3.8, 4) is 34.0 Å². The lowest BCUT2D eigenvalue weighted by atomic mass is 10.1. The summed E-state index contributed by atoms with van der Waals surface area (Å²) >= 11 is 0. The topological polar surface area (TPSA) is 70.8 Å². The molecule has 0 bridgehead atoms. The number of rotatable bonds is 6. The number of aromatic hydroxyl groups is 1. The minimum absolute atomic E-state index is 0.0334. The van der Waals surface area contributed by atoms with Crippen molar-refractivity contribution >= 4 is 12.2 Å². The third kappa shape index (κ3) is 4.53. The van der Waals surface area contributed by atoms with Gasteiger partial charge in [0.05, 0.1) is 24.7 Å². The van der Waals surface area contributed by atoms with Gasteiger partial charge in [-0.1, -0.05) is 66.7 Å². The Labute approximate surface area is 181 Å². The number of nitrogens with zero attached hydrogens (tertiary/aromatic N) is 4. The second-order valence-electron chi connectivity index (χ2n) is 6.84. The van der Waals surface area contributed by atoms with E-state index in [-0.39, 0.29) is 5.75 Å². The van der Waals surface area contributed by atoms with Gasteiger partial charge >= 0.3 is 0 Å². The summed E-state index contributed by atoms with van der Waals surface area (Å²) in [6, 6.07) is 27.1. The fourth-order valence-corrected chi connectivity index (χ4v) is 3.10. The summed E-state index contributed by atoms with van der Waals surface area (Å²) in [7, 11) is 3.28. The largest absolute Gasteiger partial charge is 0.504 e. The number of methoxy groups -OCH3 is 1. The smallest absolute Gasteiger partial charge is 0.247 e. The van der Waals surface area contributed by atoms with E-state index >= 15 is 0 Å². The minimum Gasteiger partial charge on any atom is -0.504 e. The van der Waals surface area contributed by atoms with E-state index in [1.807, 2.05) is 66.7 Å². The Morgan fingerprint density at radius 3 is 1.97 bits per heavy atom. The van der Waals surface area contributed by atoms with Crippen molar-refractivity contribution < 1.29 is 9.84 Å². The quantitative estimate of drug-likeness (QED) is 0.358. The molecular weight excluding hydrogens is 388 g/mol. The summed E-state index contributed by atoms with van der Waals surface area (Å²) in [5, 5.41) is 16.3. The van der Waals surface area contributed by atoms with E-state index in [4.69, 9.17) is 14.7 Å². The Hall–Kier alpha value is -4.19. The molecule has 1 N–H and O–H groups in total. The van der Waals surface area contributed by atoms with Crippen molar-refractivity contribution in [2.75, 3.05) is 19.2 Å². The van der Waals surface area contributed by atoms with Gasteiger partial charge < -0.3 is 9.84 Å². The monoisotopic (exact) mass is 410 g/mol. The number of benzene rings is 3. The molecule has 4 aromatic rings. The van der Waals surface area contributed by atoms with Crippen molar-refractivity contribution in [2.24, 2.45) is 5.10 Å². The van der Waals surface area contributed by atoms with Crippen molar-refractivity contribution in [3.63, 3.8) is 0 Å². The summed E-state index contributed by atoms with van der Waals surface area (Å²) in [5.74, 6) is 0.866. The van der Waals surface area contributed by atoms with Gasteiger partial charge in [-0.25, -0.2) is 15.0 Å². The lowest BCUT2D eigenvalue weighted by molar-refractivity contribution is 0.373. The van der Waals surface area contributed by atoms with E-state index < -0.39 is 0 Å². The van der Waals surface area contributed by atoms with Crippen LogP contribution in [0.3, 0.4) is 0 Å². The zero-order valence-electron chi connectivity index (χ0n) is 17.3. The standard InChI is InChI=1S/C25H22N4O2/c1-29(26-17-20-14-9-15-23(31-2)24(20)30)25-27-21(18-10-5-3-6-11-18)16-22(28-25)19-12-7-4-8-13-19/h3-17,30H,1-2H3/b26-17-. The molecule has 0 unspecified atom stereocenters. The van der Waals surface area contributed by atoms with Gasteiger partial charge in [-0.3, -0.25) is 0 Å². The predicted molar refractivity (Wildman–Crippen MR) is 124 cm³/mol. The van der Waals surface area contributed by atoms with Gasteiger partial charge in [0.25, 0.3) is 0 Å². The van der Waals surface area contributed by atoms with E-state index in [1.54, 1.807) is 36.5 Å². The van der Waals surface area contributed by atoms with Crippen LogP contribution < -0.4 is 9.75 Å². The van der Waals surface area contributed by atoms with Crippen LogP contribution in [0.2, 0.25) is 0 Å². The second kappa shape index (κ2) is 9.09. The first-order valence-electron chi connectivity index (χ1n) is 9.79. The molecule has 0 saturated heterocycles. The SMILES string of the molecule is COc1cccc(/C=N\N(C)c2nc(-c3ccccc3)cc(-c3ccccc3)n2)c1O. The second-order valence-corrected chi connectivity index (χ2v) is 6.84. The van der Waals surface area contributed by atoms with Crippen LogP contribution in [-0.4, -0.2) is 35.4 Å². The van der Waals surface area contributed by atoms with Crippen molar-refractivity contribution in [1.82, 2.24) is 9.97 Å². The number of ether oxygens (including phenoxy) is 1. The maximum absolute atomic E-state index is 10.3. The number of phenolic OH excluding ortho intramolecular Hbond substituents is 1. The molecule has 0 atom stereocenters. The zero-order valence-corrected chi connectivity index (χ0v) is 17.3. The van der Waals surface area contributed by atoms with Gasteiger partial charge in [0.2, 0.25) is 5.95 Å². The number of aromatic nitrogens is 2. The molecule has 1 heterocycles. The lowest BCUT2D eigenvalue weighted by Gasteiger charge is -2.14. The molecule has 4 rings (SSSR count). The number of anilines is 1. The lowest BCUT2D eigenvalue weighted by Crippen LogP contribution is -2.13. The molecule has 6 nitrogen and oxygen atoms in total. The first kappa shape index (κ1) is 20.1. The van der Waals surface area contributed by atoms with E-state index in [2.05, 4.69) is 5.10 Å². The van der Waals surface area contributed by atoms with E-state index in [9.17, 15) is 5.11 Å². The number of hydrazone groups is 1. The van der Waals surface area contributed by atoms with Crippen LogP contribution in [0, 0.1) is 0 Å². The summed E-state index contributed by atoms with van der Waals surface area (Å²) in [5.41, 5.74) is 4.12. The van der Waals surface area contributed by atoms with Gasteiger partial charge in [-0.2, -0.15) is 5.10 Å². The molecule has 0 fully saturated rings. The molecule has 0 spiro atoms. The first-order valence-corrected chi connectivity index (χ1v) is 9.79. The highest BCUT2D eigenvalue weighted by molar-refractivity contribution is 5.85. The molecule has 6 heteroatoms. The molecule has 0 aliphatic heterocycles. The van der Waals surface area contributed by atoms with Crippen LogP contribution in [0.25, 0.3) is 22.5 Å². The zero-order chi connectivity index (χ0) is 21.6. The molecule has 154 valence electrons. The highest BCUT2D eigenvalue weighted by Gasteiger charge is 2.12. The van der Waals surface area contributed by atoms with Crippen LogP contribution in [0.4, 0.5) is 5.95 Å². The number of phenols is 1. The maximum Gasteiger partial charge on any atom is 0.247 e. The highest BCUT2D eigenvalue weighted by atomic mass is 16.5. The molecule has 0 radical (unpaired) electrons. The van der Waals surface area contributed by atoms with Crippen LogP contribution in [0.5, 0.6) is 11.5 Å². The van der Waals surface area contributed by atoms with Crippen LogP contribution in [0.15, 0.2) is 90.0 Å². The fraction of sp³-hybridized carbons (Fsp3) is 0.0800. The van der Waals surface area contributed by atoms with E-state index in [0.29, 0.717) is 17.3 Å². The van der Waals surface area contributed by atoms with Crippen molar-refractivity contribution in [1.29, 1.82) is 0 Å². The normalized spacial score (nSPS) is 10.9. The van der Waals surface area contributed by atoms with Gasteiger partial charge in [-0.05, 0) is 18.2 Å². The summed E-state index contributed by atoms with van der Waals surface area (Å²) < 4.78 is 5.16. The van der Waals surface area contributed by atoms with Gasteiger partial charge in [0.15, 0.2) is 11.5 Å². The van der Waals surface area contributed by atoms with Gasteiger partial charge in [0, 0.05) is 23.7 Å². The summed E-state index contributed by atoms with van der Waals surface area (Å²) in [6.07, 6.45) is 1.55. The molecule has 3 aromatic carbocycles. The van der Waals surface area contributed by atoms with Crippen LogP contribution in [0.1, 0.15) is 5.56 Å². The highest BCUT2D eigenvalue weighted by Crippen LogP contribution is 2.29. The third-order valence-corrected chi connectivity index (χ3v) is 4.76. The average Bonchev–Trinajstić information content (AvgIpc) is 2.84. The molecule has 31 heavy (non-hydrogen) atoms. The molecular formula is C25H22N4O2. The molecule has 0 amide bonds. The van der Waals surface area contributed by atoms with Gasteiger partial charge in [-0.15, -0.1) is 0 Å². The van der Waals surface area contributed by atoms with Crippen molar-refractivity contribution in [3.05, 3.63) is 90.5 Å². The Bertz CT molecular complexity index is 1140. The third-order valence-electron chi connectivity index (χ3n) is 4.76. The van der Waals surface area contributed by atoms with E-state index in [1.165, 1.54) is 7.11 Å². The average molecular weight is 410 g/mol. The molecule has 0 aliphatic rings. The number of para-hydroxylation sites is 1.